The van der Waals surface area contributed by atoms with Gasteiger partial charge in [0, 0.05) is 24.0 Å². The summed E-state index contributed by atoms with van der Waals surface area (Å²) in [4.78, 5) is 17.6. The van der Waals surface area contributed by atoms with Gasteiger partial charge in [0.25, 0.3) is 5.91 Å². The van der Waals surface area contributed by atoms with Crippen LogP contribution in [0.1, 0.15) is 35.0 Å². The summed E-state index contributed by atoms with van der Waals surface area (Å²) < 4.78 is 13.3. The van der Waals surface area contributed by atoms with Crippen LogP contribution >= 0.6 is 0 Å². The zero-order valence-corrected chi connectivity index (χ0v) is 14.4. The van der Waals surface area contributed by atoms with E-state index >= 15 is 0 Å². The molecular weight excluding hydrogens is 331 g/mol. The Morgan fingerprint density at radius 3 is 2.58 bits per heavy atom. The van der Waals surface area contributed by atoms with Crippen molar-refractivity contribution in [2.24, 2.45) is 5.92 Å². The molecule has 3 aromatic rings. The quantitative estimate of drug-likeness (QED) is 0.751. The highest BCUT2D eigenvalue weighted by molar-refractivity contribution is 5.98. The lowest BCUT2D eigenvalue weighted by atomic mass is 9.87. The Hall–Kier alpha value is -2.66. The van der Waals surface area contributed by atoms with Gasteiger partial charge >= 0.3 is 0 Å². The van der Waals surface area contributed by atoms with Gasteiger partial charge in [-0.05, 0) is 48.6 Å². The van der Waals surface area contributed by atoms with E-state index in [4.69, 9.17) is 0 Å². The van der Waals surface area contributed by atoms with Gasteiger partial charge in [-0.3, -0.25) is 4.79 Å². The maximum atomic E-state index is 13.3. The fourth-order valence-corrected chi connectivity index (χ4v) is 3.73. The Morgan fingerprint density at radius 2 is 1.85 bits per heavy atom. The molecule has 134 valence electrons. The molecule has 2 aromatic carbocycles. The lowest BCUT2D eigenvalue weighted by Gasteiger charge is -2.34. The van der Waals surface area contributed by atoms with E-state index in [2.05, 4.69) is 4.98 Å². The molecule has 1 amide bonds. The van der Waals surface area contributed by atoms with E-state index in [0.29, 0.717) is 24.2 Å². The van der Waals surface area contributed by atoms with Crippen LogP contribution in [0, 0.1) is 11.7 Å². The predicted molar refractivity (Wildman–Crippen MR) is 98.3 cm³/mol. The Morgan fingerprint density at radius 1 is 1.12 bits per heavy atom. The maximum absolute atomic E-state index is 13.3. The van der Waals surface area contributed by atoms with Crippen LogP contribution in [0.3, 0.4) is 0 Å². The monoisotopic (exact) mass is 352 g/mol. The van der Waals surface area contributed by atoms with Crippen LogP contribution in [0.5, 0.6) is 0 Å². The fraction of sp³-hybridized carbons (Fsp3) is 0.286. The first-order valence-corrected chi connectivity index (χ1v) is 8.92. The number of aliphatic hydroxyl groups excluding tert-OH is 1. The predicted octanol–water partition coefficient (Wildman–Crippen LogP) is 3.89. The van der Waals surface area contributed by atoms with E-state index in [1.807, 2.05) is 30.3 Å². The number of aromatic amines is 1. The molecule has 5 heteroatoms. The van der Waals surface area contributed by atoms with E-state index in [1.165, 1.54) is 12.1 Å². The number of carbonyl (C=O) groups is 1. The SMILES string of the molecule is O=C(c1cc2cc(F)ccc2[nH]1)N1CCC(C(O)c2ccccc2)CC1. The van der Waals surface area contributed by atoms with Gasteiger partial charge < -0.3 is 15.0 Å². The zero-order valence-electron chi connectivity index (χ0n) is 14.4. The average Bonchev–Trinajstić information content (AvgIpc) is 3.11. The molecule has 1 saturated heterocycles. The molecule has 0 aliphatic carbocycles. The van der Waals surface area contributed by atoms with E-state index in [-0.39, 0.29) is 17.6 Å². The maximum Gasteiger partial charge on any atom is 0.270 e. The largest absolute Gasteiger partial charge is 0.388 e. The van der Waals surface area contributed by atoms with Crippen molar-refractivity contribution in [1.82, 2.24) is 9.88 Å². The number of aromatic nitrogens is 1. The number of carbonyl (C=O) groups excluding carboxylic acids is 1. The number of H-pyrrole nitrogens is 1. The molecule has 0 saturated carbocycles. The van der Waals surface area contributed by atoms with Crippen LogP contribution in [0.2, 0.25) is 0 Å². The lowest BCUT2D eigenvalue weighted by Crippen LogP contribution is -2.39. The number of piperidine rings is 1. The number of benzene rings is 2. The third-order valence-electron chi connectivity index (χ3n) is 5.23. The Balaban J connectivity index is 1.43. The fourth-order valence-electron chi connectivity index (χ4n) is 3.73. The minimum Gasteiger partial charge on any atom is -0.388 e. The van der Waals surface area contributed by atoms with Gasteiger partial charge in [-0.1, -0.05) is 30.3 Å². The normalized spacial score (nSPS) is 16.8. The molecule has 4 nitrogen and oxygen atoms in total. The first-order chi connectivity index (χ1) is 12.6. The van der Waals surface area contributed by atoms with Gasteiger partial charge in [0.2, 0.25) is 0 Å². The zero-order chi connectivity index (χ0) is 18.1. The molecule has 1 aromatic heterocycles. The van der Waals surface area contributed by atoms with Gasteiger partial charge in [-0.15, -0.1) is 0 Å². The molecule has 0 spiro atoms. The molecule has 0 radical (unpaired) electrons. The van der Waals surface area contributed by atoms with Crippen LogP contribution in [0.4, 0.5) is 4.39 Å². The molecule has 4 rings (SSSR count). The number of fused-ring (bicyclic) bond motifs is 1. The van der Waals surface area contributed by atoms with E-state index in [0.717, 1.165) is 23.9 Å². The van der Waals surface area contributed by atoms with Gasteiger partial charge in [0.15, 0.2) is 0 Å². The molecule has 1 aliphatic rings. The Bertz CT molecular complexity index is 914. The lowest BCUT2D eigenvalue weighted by molar-refractivity contribution is 0.0459. The van der Waals surface area contributed by atoms with Crippen molar-refractivity contribution >= 4 is 16.8 Å². The Kier molecular flexibility index (Phi) is 4.47. The molecule has 1 aliphatic heterocycles. The summed E-state index contributed by atoms with van der Waals surface area (Å²) in [7, 11) is 0. The highest BCUT2D eigenvalue weighted by Crippen LogP contribution is 2.31. The molecule has 2 N–H and O–H groups in total. The minimum absolute atomic E-state index is 0.0748. The summed E-state index contributed by atoms with van der Waals surface area (Å²) in [6.07, 6.45) is 1.03. The number of rotatable bonds is 3. The molecule has 1 atom stereocenters. The van der Waals surface area contributed by atoms with Gasteiger partial charge in [-0.25, -0.2) is 4.39 Å². The van der Waals surface area contributed by atoms with Crippen molar-refractivity contribution in [3.63, 3.8) is 0 Å². The summed E-state index contributed by atoms with van der Waals surface area (Å²) >= 11 is 0. The molecule has 1 unspecified atom stereocenters. The average molecular weight is 352 g/mol. The summed E-state index contributed by atoms with van der Waals surface area (Å²) in [5.41, 5.74) is 2.16. The first-order valence-electron chi connectivity index (χ1n) is 8.92. The van der Waals surface area contributed by atoms with Crippen molar-refractivity contribution in [2.75, 3.05) is 13.1 Å². The number of likely N-dealkylation sites (tertiary alicyclic amines) is 1. The van der Waals surface area contributed by atoms with Crippen LogP contribution < -0.4 is 0 Å². The second-order valence-corrected chi connectivity index (χ2v) is 6.90. The molecule has 2 heterocycles. The topological polar surface area (TPSA) is 56.3 Å². The molecule has 1 fully saturated rings. The van der Waals surface area contributed by atoms with E-state index < -0.39 is 6.10 Å². The Labute approximate surface area is 151 Å². The number of amides is 1. The molecular formula is C21H21FN2O2. The summed E-state index contributed by atoms with van der Waals surface area (Å²) in [6.45, 7) is 1.22. The van der Waals surface area contributed by atoms with Gasteiger partial charge in [-0.2, -0.15) is 0 Å². The number of aliphatic hydroxyl groups is 1. The second-order valence-electron chi connectivity index (χ2n) is 6.90. The molecule has 0 bridgehead atoms. The molecule has 26 heavy (non-hydrogen) atoms. The van der Waals surface area contributed by atoms with Gasteiger partial charge in [0.05, 0.1) is 6.10 Å². The van der Waals surface area contributed by atoms with E-state index in [1.54, 1.807) is 17.0 Å². The van der Waals surface area contributed by atoms with Crippen molar-refractivity contribution in [3.8, 4) is 0 Å². The first kappa shape index (κ1) is 16.8. The second kappa shape index (κ2) is 6.92. The van der Waals surface area contributed by atoms with Crippen LogP contribution in [-0.2, 0) is 0 Å². The highest BCUT2D eigenvalue weighted by Gasteiger charge is 2.29. The number of nitrogens with zero attached hydrogens (tertiary/aromatic N) is 1. The van der Waals surface area contributed by atoms with Crippen LogP contribution in [-0.4, -0.2) is 34.0 Å². The highest BCUT2D eigenvalue weighted by atomic mass is 19.1. The third kappa shape index (κ3) is 3.22. The third-order valence-corrected chi connectivity index (χ3v) is 5.23. The summed E-state index contributed by atoms with van der Waals surface area (Å²) in [5.74, 6) is -0.237. The van der Waals surface area contributed by atoms with Crippen LogP contribution in [0.25, 0.3) is 10.9 Å². The number of halogens is 1. The van der Waals surface area contributed by atoms with Crippen molar-refractivity contribution in [3.05, 3.63) is 71.7 Å². The van der Waals surface area contributed by atoms with Gasteiger partial charge in [0.1, 0.15) is 11.5 Å². The van der Waals surface area contributed by atoms with E-state index in [9.17, 15) is 14.3 Å². The van der Waals surface area contributed by atoms with Crippen LogP contribution in [0.15, 0.2) is 54.6 Å². The summed E-state index contributed by atoms with van der Waals surface area (Å²) in [5, 5.41) is 11.3. The number of hydrogen-bond acceptors (Lipinski definition) is 2. The van der Waals surface area contributed by atoms with Crippen molar-refractivity contribution < 1.29 is 14.3 Å². The number of nitrogens with one attached hydrogen (secondary N) is 1. The minimum atomic E-state index is -0.496. The summed E-state index contributed by atoms with van der Waals surface area (Å²) in [6, 6.07) is 15.8. The number of hydrogen-bond donors (Lipinski definition) is 2. The standard InChI is InChI=1S/C21H21FN2O2/c22-17-6-7-18-16(12-17)13-19(23-18)21(26)24-10-8-15(9-11-24)20(25)14-4-2-1-3-5-14/h1-7,12-13,15,20,23,25H,8-11H2. The smallest absolute Gasteiger partial charge is 0.270 e. The van der Waals surface area contributed by atoms with Crippen molar-refractivity contribution in [1.29, 1.82) is 0 Å². The van der Waals surface area contributed by atoms with Crippen molar-refractivity contribution in [2.45, 2.75) is 18.9 Å².